The Balaban J connectivity index is 1.51. The Morgan fingerprint density at radius 1 is 1.08 bits per heavy atom. The van der Waals surface area contributed by atoms with Gasteiger partial charge in [-0.3, -0.25) is 9.59 Å². The first-order valence-corrected chi connectivity index (χ1v) is 8.01. The van der Waals surface area contributed by atoms with E-state index in [2.05, 4.69) is 0 Å². The van der Waals surface area contributed by atoms with Crippen molar-refractivity contribution in [2.24, 2.45) is 5.92 Å². The van der Waals surface area contributed by atoms with Gasteiger partial charge in [-0.05, 0) is 42.7 Å². The fraction of sp³-hybridized carbons (Fsp3) is 0.333. The summed E-state index contributed by atoms with van der Waals surface area (Å²) in [5.41, 5.74) is 0.347. The minimum atomic E-state index is -0.421. The van der Waals surface area contributed by atoms with E-state index in [0.717, 1.165) is 6.42 Å². The van der Waals surface area contributed by atoms with Gasteiger partial charge in [0.1, 0.15) is 5.82 Å². The van der Waals surface area contributed by atoms with Crippen LogP contribution in [-0.4, -0.2) is 47.3 Å². The maximum absolute atomic E-state index is 13.4. The Hall–Kier alpha value is -2.63. The SMILES string of the molecule is O=C(c1cccc(F)c1)N1CC2CC(C1)N(C(=O)c1ccco1)C2. The van der Waals surface area contributed by atoms with Gasteiger partial charge in [-0.25, -0.2) is 4.39 Å². The predicted octanol–water partition coefficient (Wildman–Crippen LogP) is 2.41. The average molecular weight is 328 g/mol. The topological polar surface area (TPSA) is 53.8 Å². The highest BCUT2D eigenvalue weighted by atomic mass is 19.1. The summed E-state index contributed by atoms with van der Waals surface area (Å²) >= 11 is 0. The van der Waals surface area contributed by atoms with E-state index < -0.39 is 5.82 Å². The summed E-state index contributed by atoms with van der Waals surface area (Å²) < 4.78 is 18.6. The molecule has 0 aliphatic carbocycles. The van der Waals surface area contributed by atoms with Crippen LogP contribution in [0.4, 0.5) is 4.39 Å². The number of furan rings is 1. The second-order valence-corrected chi connectivity index (χ2v) is 6.41. The van der Waals surface area contributed by atoms with Gasteiger partial charge in [0.05, 0.1) is 12.3 Å². The second kappa shape index (κ2) is 5.78. The third-order valence-electron chi connectivity index (χ3n) is 4.76. The zero-order chi connectivity index (χ0) is 16.7. The fourth-order valence-electron chi connectivity index (χ4n) is 3.72. The van der Waals surface area contributed by atoms with Crippen molar-refractivity contribution < 1.29 is 18.4 Å². The van der Waals surface area contributed by atoms with Gasteiger partial charge in [0.2, 0.25) is 0 Å². The number of amides is 2. The van der Waals surface area contributed by atoms with Crippen LogP contribution in [0.1, 0.15) is 27.3 Å². The predicted molar refractivity (Wildman–Crippen MR) is 83.9 cm³/mol. The van der Waals surface area contributed by atoms with E-state index in [-0.39, 0.29) is 23.8 Å². The number of carbonyl (C=O) groups is 2. The zero-order valence-electron chi connectivity index (χ0n) is 13.0. The van der Waals surface area contributed by atoms with Crippen LogP contribution in [0, 0.1) is 11.7 Å². The Morgan fingerprint density at radius 3 is 2.71 bits per heavy atom. The second-order valence-electron chi connectivity index (χ2n) is 6.41. The number of halogens is 1. The van der Waals surface area contributed by atoms with E-state index in [1.807, 2.05) is 0 Å². The maximum Gasteiger partial charge on any atom is 0.289 e. The lowest BCUT2D eigenvalue weighted by molar-refractivity contribution is 0.0605. The summed E-state index contributed by atoms with van der Waals surface area (Å²) in [4.78, 5) is 28.7. The first kappa shape index (κ1) is 14.9. The molecule has 2 aliphatic rings. The lowest BCUT2D eigenvalue weighted by atomic mass is 9.99. The van der Waals surface area contributed by atoms with Gasteiger partial charge in [-0.15, -0.1) is 0 Å². The van der Waals surface area contributed by atoms with Gasteiger partial charge >= 0.3 is 0 Å². The number of benzene rings is 1. The molecule has 1 aromatic heterocycles. The van der Waals surface area contributed by atoms with Crippen LogP contribution < -0.4 is 0 Å². The zero-order valence-corrected chi connectivity index (χ0v) is 13.0. The lowest BCUT2D eigenvalue weighted by Crippen LogP contribution is -2.46. The molecule has 0 spiro atoms. The summed E-state index contributed by atoms with van der Waals surface area (Å²) in [5, 5.41) is 0. The molecule has 2 aromatic rings. The molecule has 4 rings (SSSR count). The summed E-state index contributed by atoms with van der Waals surface area (Å²) in [6.45, 7) is 1.68. The molecule has 2 bridgehead atoms. The van der Waals surface area contributed by atoms with E-state index in [0.29, 0.717) is 31.0 Å². The van der Waals surface area contributed by atoms with Gasteiger partial charge in [0.25, 0.3) is 11.8 Å². The van der Waals surface area contributed by atoms with Crippen molar-refractivity contribution in [3.05, 3.63) is 59.8 Å². The minimum Gasteiger partial charge on any atom is -0.459 e. The molecule has 5 nitrogen and oxygen atoms in total. The van der Waals surface area contributed by atoms with E-state index >= 15 is 0 Å². The monoisotopic (exact) mass is 328 g/mol. The van der Waals surface area contributed by atoms with Gasteiger partial charge in [0.15, 0.2) is 5.76 Å². The summed E-state index contributed by atoms with van der Waals surface area (Å²) in [7, 11) is 0. The van der Waals surface area contributed by atoms with Crippen molar-refractivity contribution in [2.45, 2.75) is 12.5 Å². The Bertz CT molecular complexity index is 774. The van der Waals surface area contributed by atoms with Crippen molar-refractivity contribution in [1.29, 1.82) is 0 Å². The van der Waals surface area contributed by atoms with Gasteiger partial charge in [-0.2, -0.15) is 0 Å². The molecule has 2 fully saturated rings. The molecular formula is C18H17FN2O3. The number of piperidine rings is 1. The number of hydrogen-bond donors (Lipinski definition) is 0. The number of hydrogen-bond acceptors (Lipinski definition) is 3. The number of carbonyl (C=O) groups excluding carboxylic acids is 2. The molecule has 3 heterocycles. The van der Waals surface area contributed by atoms with Crippen LogP contribution in [0.15, 0.2) is 47.1 Å². The van der Waals surface area contributed by atoms with E-state index in [4.69, 9.17) is 4.42 Å². The highest BCUT2D eigenvalue weighted by Crippen LogP contribution is 2.31. The van der Waals surface area contributed by atoms with E-state index in [9.17, 15) is 14.0 Å². The molecule has 6 heteroatoms. The van der Waals surface area contributed by atoms with Crippen molar-refractivity contribution in [3.8, 4) is 0 Å². The van der Waals surface area contributed by atoms with Crippen molar-refractivity contribution in [3.63, 3.8) is 0 Å². The van der Waals surface area contributed by atoms with E-state index in [1.54, 1.807) is 28.0 Å². The normalized spacial score (nSPS) is 22.7. The van der Waals surface area contributed by atoms with Gasteiger partial charge in [0, 0.05) is 25.2 Å². The van der Waals surface area contributed by atoms with Crippen LogP contribution in [0.2, 0.25) is 0 Å². The van der Waals surface area contributed by atoms with Gasteiger partial charge < -0.3 is 14.2 Å². The van der Waals surface area contributed by atoms with Crippen LogP contribution in [0.25, 0.3) is 0 Å². The molecule has 0 N–H and O–H groups in total. The Morgan fingerprint density at radius 2 is 1.96 bits per heavy atom. The molecular weight excluding hydrogens is 311 g/mol. The van der Waals surface area contributed by atoms with Crippen LogP contribution >= 0.6 is 0 Å². The molecule has 2 atom stereocenters. The summed E-state index contributed by atoms with van der Waals surface area (Å²) in [6, 6.07) is 9.06. The standard InChI is InChI=1S/C18H17FN2O3/c19-14-4-1-3-13(8-14)17(22)20-9-12-7-15(11-20)21(10-12)18(23)16-5-2-6-24-16/h1-6,8,12,15H,7,9-11H2. The largest absolute Gasteiger partial charge is 0.459 e. The van der Waals surface area contributed by atoms with Crippen molar-refractivity contribution in [1.82, 2.24) is 9.80 Å². The molecule has 2 amide bonds. The molecule has 0 saturated carbocycles. The third kappa shape index (κ3) is 2.58. The summed E-state index contributed by atoms with van der Waals surface area (Å²) in [6.07, 6.45) is 2.37. The Kier molecular flexibility index (Phi) is 3.59. The number of fused-ring (bicyclic) bond motifs is 2. The number of rotatable bonds is 2. The van der Waals surface area contributed by atoms with Gasteiger partial charge in [-0.1, -0.05) is 6.07 Å². The first-order chi connectivity index (χ1) is 11.6. The smallest absolute Gasteiger partial charge is 0.289 e. The van der Waals surface area contributed by atoms with Crippen molar-refractivity contribution in [2.75, 3.05) is 19.6 Å². The summed E-state index contributed by atoms with van der Waals surface area (Å²) in [5.74, 6) is -0.162. The van der Waals surface area contributed by atoms with Crippen LogP contribution in [-0.2, 0) is 0 Å². The fourth-order valence-corrected chi connectivity index (χ4v) is 3.72. The number of likely N-dealkylation sites (tertiary alicyclic amines) is 2. The van der Waals surface area contributed by atoms with Crippen LogP contribution in [0.5, 0.6) is 0 Å². The van der Waals surface area contributed by atoms with Crippen molar-refractivity contribution >= 4 is 11.8 Å². The molecule has 24 heavy (non-hydrogen) atoms. The molecule has 2 unspecified atom stereocenters. The van der Waals surface area contributed by atoms with Crippen LogP contribution in [0.3, 0.4) is 0 Å². The highest BCUT2D eigenvalue weighted by Gasteiger charge is 2.43. The molecule has 1 aromatic carbocycles. The Labute approximate surface area is 138 Å². The third-order valence-corrected chi connectivity index (χ3v) is 4.76. The maximum atomic E-state index is 13.4. The average Bonchev–Trinajstić information content (AvgIpc) is 3.21. The first-order valence-electron chi connectivity index (χ1n) is 8.01. The quantitative estimate of drug-likeness (QED) is 0.851. The molecule has 2 aliphatic heterocycles. The molecule has 2 saturated heterocycles. The minimum absolute atomic E-state index is 0.0149. The number of nitrogens with zero attached hydrogens (tertiary/aromatic N) is 2. The highest BCUT2D eigenvalue weighted by molar-refractivity contribution is 5.95. The van der Waals surface area contributed by atoms with E-state index in [1.165, 1.54) is 24.5 Å². The molecule has 0 radical (unpaired) electrons. The molecule has 124 valence electrons. The lowest BCUT2D eigenvalue weighted by Gasteiger charge is -2.32.